The maximum atomic E-state index is 12.1. The fraction of sp³-hybridized carbons (Fsp3) is 0.100. The monoisotopic (exact) mass is 346 g/mol. The van der Waals surface area contributed by atoms with Crippen LogP contribution in [0.1, 0.15) is 20.7 Å². The van der Waals surface area contributed by atoms with Crippen molar-refractivity contribution < 1.29 is 9.59 Å². The minimum atomic E-state index is -0.279. The first-order chi connectivity index (χ1) is 12.7. The Labute approximate surface area is 151 Å². The molecule has 0 aliphatic rings. The van der Waals surface area contributed by atoms with Crippen molar-refractivity contribution in [2.45, 2.75) is 0 Å². The first-order valence-electron chi connectivity index (χ1n) is 8.23. The van der Waals surface area contributed by atoms with Crippen molar-refractivity contribution in [3.05, 3.63) is 84.2 Å². The highest BCUT2D eigenvalue weighted by molar-refractivity contribution is 5.95. The Balaban J connectivity index is 1.47. The second-order valence-corrected chi connectivity index (χ2v) is 5.54. The molecule has 0 unspecified atom stereocenters. The highest BCUT2D eigenvalue weighted by atomic mass is 16.2. The van der Waals surface area contributed by atoms with Gasteiger partial charge in [-0.05, 0) is 12.1 Å². The number of aromatic nitrogens is 2. The van der Waals surface area contributed by atoms with Gasteiger partial charge in [-0.3, -0.25) is 9.59 Å². The van der Waals surface area contributed by atoms with Gasteiger partial charge in [0.25, 0.3) is 11.8 Å². The minimum absolute atomic E-state index is 0.171. The van der Waals surface area contributed by atoms with Crippen molar-refractivity contribution in [3.8, 4) is 11.4 Å². The summed E-state index contributed by atoms with van der Waals surface area (Å²) in [6, 6.07) is 18.5. The van der Waals surface area contributed by atoms with Gasteiger partial charge in [0.2, 0.25) is 0 Å². The van der Waals surface area contributed by atoms with Crippen molar-refractivity contribution in [2.24, 2.45) is 0 Å². The van der Waals surface area contributed by atoms with Crippen LogP contribution in [0.2, 0.25) is 0 Å². The number of benzene rings is 2. The highest BCUT2D eigenvalue weighted by Gasteiger charge is 2.08. The molecule has 2 N–H and O–H groups in total. The Morgan fingerprint density at radius 1 is 0.692 bits per heavy atom. The van der Waals surface area contributed by atoms with Crippen LogP contribution in [0.25, 0.3) is 11.4 Å². The molecule has 0 fully saturated rings. The molecule has 3 aromatic rings. The summed E-state index contributed by atoms with van der Waals surface area (Å²) in [5.74, 6) is 0.117. The van der Waals surface area contributed by atoms with Gasteiger partial charge in [-0.15, -0.1) is 0 Å². The van der Waals surface area contributed by atoms with Crippen molar-refractivity contribution in [1.29, 1.82) is 0 Å². The van der Waals surface area contributed by atoms with Gasteiger partial charge in [0.05, 0.1) is 5.56 Å². The van der Waals surface area contributed by atoms with E-state index in [1.54, 1.807) is 24.3 Å². The number of hydrogen-bond donors (Lipinski definition) is 2. The predicted octanol–water partition coefficient (Wildman–Crippen LogP) is 2.30. The Morgan fingerprint density at radius 3 is 1.77 bits per heavy atom. The summed E-state index contributed by atoms with van der Waals surface area (Å²) in [5, 5.41) is 5.48. The lowest BCUT2D eigenvalue weighted by Crippen LogP contribution is -2.34. The van der Waals surface area contributed by atoms with Gasteiger partial charge in [-0.2, -0.15) is 0 Å². The Morgan fingerprint density at radius 2 is 1.19 bits per heavy atom. The molecular formula is C20H18N4O2. The van der Waals surface area contributed by atoms with E-state index in [4.69, 9.17) is 0 Å². The van der Waals surface area contributed by atoms with Crippen LogP contribution < -0.4 is 10.6 Å². The molecular weight excluding hydrogens is 328 g/mol. The molecule has 0 radical (unpaired) electrons. The van der Waals surface area contributed by atoms with Crippen molar-refractivity contribution in [2.75, 3.05) is 13.1 Å². The van der Waals surface area contributed by atoms with Crippen LogP contribution in [0.15, 0.2) is 73.1 Å². The number of nitrogens with one attached hydrogen (secondary N) is 2. The average Bonchev–Trinajstić information content (AvgIpc) is 2.72. The quantitative estimate of drug-likeness (QED) is 0.671. The second-order valence-electron chi connectivity index (χ2n) is 5.54. The lowest BCUT2D eigenvalue weighted by Gasteiger charge is -2.07. The van der Waals surface area contributed by atoms with Crippen molar-refractivity contribution >= 4 is 11.8 Å². The topological polar surface area (TPSA) is 84.0 Å². The van der Waals surface area contributed by atoms with Gasteiger partial charge in [0.15, 0.2) is 5.82 Å². The number of hydrogen-bond acceptors (Lipinski definition) is 4. The number of rotatable bonds is 6. The first kappa shape index (κ1) is 17.3. The SMILES string of the molecule is O=C(NCCNC(=O)c1cnc(-c2ccccc2)nc1)c1ccccc1. The normalized spacial score (nSPS) is 10.2. The van der Waals surface area contributed by atoms with Gasteiger partial charge in [0, 0.05) is 36.6 Å². The number of carbonyl (C=O) groups excluding carboxylic acids is 2. The van der Waals surface area contributed by atoms with Crippen LogP contribution in [-0.2, 0) is 0 Å². The van der Waals surface area contributed by atoms with E-state index in [2.05, 4.69) is 20.6 Å². The summed E-state index contributed by atoms with van der Waals surface area (Å²) in [7, 11) is 0. The van der Waals surface area contributed by atoms with Crippen molar-refractivity contribution in [1.82, 2.24) is 20.6 Å². The van der Waals surface area contributed by atoms with E-state index in [0.717, 1.165) is 5.56 Å². The van der Waals surface area contributed by atoms with Crippen LogP contribution >= 0.6 is 0 Å². The molecule has 1 aromatic heterocycles. The third-order valence-corrected chi connectivity index (χ3v) is 3.68. The summed E-state index contributed by atoms with van der Waals surface area (Å²) < 4.78 is 0. The molecule has 0 bridgehead atoms. The van der Waals surface area contributed by atoms with Crippen LogP contribution in [0, 0.1) is 0 Å². The van der Waals surface area contributed by atoms with Gasteiger partial charge in [-0.25, -0.2) is 9.97 Å². The molecule has 0 spiro atoms. The van der Waals surface area contributed by atoms with Crippen molar-refractivity contribution in [3.63, 3.8) is 0 Å². The lowest BCUT2D eigenvalue weighted by atomic mass is 10.2. The third kappa shape index (κ3) is 4.51. The summed E-state index contributed by atoms with van der Waals surface area (Å²) in [4.78, 5) is 32.4. The smallest absolute Gasteiger partial charge is 0.254 e. The predicted molar refractivity (Wildman–Crippen MR) is 98.6 cm³/mol. The average molecular weight is 346 g/mol. The molecule has 1 heterocycles. The fourth-order valence-corrected chi connectivity index (χ4v) is 2.33. The number of carbonyl (C=O) groups is 2. The fourth-order valence-electron chi connectivity index (χ4n) is 2.33. The molecule has 0 aliphatic heterocycles. The van der Waals surface area contributed by atoms with Gasteiger partial charge in [0.1, 0.15) is 0 Å². The highest BCUT2D eigenvalue weighted by Crippen LogP contribution is 2.13. The van der Waals surface area contributed by atoms with E-state index < -0.39 is 0 Å². The zero-order valence-corrected chi connectivity index (χ0v) is 14.1. The minimum Gasteiger partial charge on any atom is -0.350 e. The van der Waals surface area contributed by atoms with Gasteiger partial charge < -0.3 is 10.6 Å². The van der Waals surface area contributed by atoms with E-state index >= 15 is 0 Å². The molecule has 26 heavy (non-hydrogen) atoms. The molecule has 0 saturated carbocycles. The molecule has 6 heteroatoms. The van der Waals surface area contributed by atoms with Crippen LogP contribution in [0.5, 0.6) is 0 Å². The third-order valence-electron chi connectivity index (χ3n) is 3.68. The van der Waals surface area contributed by atoms with Crippen LogP contribution in [-0.4, -0.2) is 34.9 Å². The molecule has 0 atom stereocenters. The first-order valence-corrected chi connectivity index (χ1v) is 8.23. The Hall–Kier alpha value is -3.54. The lowest BCUT2D eigenvalue weighted by molar-refractivity contribution is 0.0927. The Bertz CT molecular complexity index is 865. The van der Waals surface area contributed by atoms with Crippen LogP contribution in [0.4, 0.5) is 0 Å². The van der Waals surface area contributed by atoms with E-state index in [0.29, 0.717) is 30.0 Å². The molecule has 130 valence electrons. The van der Waals surface area contributed by atoms with Crippen LogP contribution in [0.3, 0.4) is 0 Å². The van der Waals surface area contributed by atoms with E-state index in [-0.39, 0.29) is 11.8 Å². The molecule has 0 aliphatic carbocycles. The van der Waals surface area contributed by atoms with Gasteiger partial charge >= 0.3 is 0 Å². The summed E-state index contributed by atoms with van der Waals surface area (Å²) in [6.07, 6.45) is 2.99. The standard InChI is InChI=1S/C20H18N4O2/c25-19(16-9-5-2-6-10-16)21-11-12-22-20(26)17-13-23-18(24-14-17)15-7-3-1-4-8-15/h1-10,13-14H,11-12H2,(H,21,25)(H,22,26). The number of nitrogens with zero attached hydrogens (tertiary/aromatic N) is 2. The zero-order valence-electron chi connectivity index (χ0n) is 14.1. The Kier molecular flexibility index (Phi) is 5.67. The summed E-state index contributed by atoms with van der Waals surface area (Å²) >= 11 is 0. The molecule has 6 nitrogen and oxygen atoms in total. The van der Waals surface area contributed by atoms with E-state index in [1.807, 2.05) is 36.4 Å². The molecule has 2 aromatic carbocycles. The summed E-state index contributed by atoms with van der Waals surface area (Å²) in [6.45, 7) is 0.653. The number of amides is 2. The molecule has 0 saturated heterocycles. The maximum Gasteiger partial charge on any atom is 0.254 e. The van der Waals surface area contributed by atoms with Gasteiger partial charge in [-0.1, -0.05) is 48.5 Å². The molecule has 3 rings (SSSR count). The van der Waals surface area contributed by atoms with E-state index in [9.17, 15) is 9.59 Å². The van der Waals surface area contributed by atoms with E-state index in [1.165, 1.54) is 12.4 Å². The largest absolute Gasteiger partial charge is 0.350 e. The zero-order chi connectivity index (χ0) is 18.2. The summed E-state index contributed by atoms with van der Waals surface area (Å²) in [5.41, 5.74) is 1.85. The maximum absolute atomic E-state index is 12.1. The molecule has 2 amide bonds. The second kappa shape index (κ2) is 8.53.